The molecule has 0 spiro atoms. The van der Waals surface area contributed by atoms with Crippen LogP contribution < -0.4 is 0 Å². The molecular weight excluding hydrogens is 282 g/mol. The summed E-state index contributed by atoms with van der Waals surface area (Å²) in [4.78, 5) is 18.7. The highest BCUT2D eigenvalue weighted by Crippen LogP contribution is 2.29. The average Bonchev–Trinajstić information content (AvgIpc) is 3.05. The quantitative estimate of drug-likeness (QED) is 0.857. The zero-order valence-corrected chi connectivity index (χ0v) is 13.5. The van der Waals surface area contributed by atoms with Crippen LogP contribution in [-0.2, 0) is 9.53 Å². The Bertz CT molecular complexity index is 508. The maximum Gasteiger partial charge on any atom is 0.231 e. The van der Waals surface area contributed by atoms with Gasteiger partial charge in [-0.1, -0.05) is 19.0 Å². The van der Waals surface area contributed by atoms with Crippen LogP contribution in [0.25, 0.3) is 0 Å². The summed E-state index contributed by atoms with van der Waals surface area (Å²) in [5, 5.41) is 4.17. The monoisotopic (exact) mass is 307 g/mol. The minimum Gasteiger partial charge on any atom is -0.381 e. The lowest BCUT2D eigenvalue weighted by Crippen LogP contribution is -2.41. The minimum absolute atomic E-state index is 0.0410. The molecule has 1 amide bonds. The minimum atomic E-state index is 0.0410. The van der Waals surface area contributed by atoms with Crippen LogP contribution in [-0.4, -0.2) is 47.3 Å². The molecule has 0 N–H and O–H groups in total. The van der Waals surface area contributed by atoms with Crippen LogP contribution in [0.5, 0.6) is 0 Å². The fourth-order valence-corrected chi connectivity index (χ4v) is 3.28. The van der Waals surface area contributed by atoms with Gasteiger partial charge in [0.25, 0.3) is 0 Å². The van der Waals surface area contributed by atoms with Gasteiger partial charge in [-0.05, 0) is 25.7 Å². The highest BCUT2D eigenvalue weighted by atomic mass is 16.5. The first-order valence-corrected chi connectivity index (χ1v) is 8.35. The highest BCUT2D eigenvalue weighted by molar-refractivity contribution is 5.78. The number of carbonyl (C=O) groups excluding carboxylic acids is 1. The fourth-order valence-electron chi connectivity index (χ4n) is 3.28. The van der Waals surface area contributed by atoms with Crippen LogP contribution in [0.2, 0.25) is 0 Å². The van der Waals surface area contributed by atoms with Crippen molar-refractivity contribution >= 4 is 5.91 Å². The number of hydrogen-bond acceptors (Lipinski definition) is 5. The molecule has 3 heterocycles. The maximum atomic E-state index is 12.2. The molecule has 1 aromatic heterocycles. The summed E-state index contributed by atoms with van der Waals surface area (Å²) < 4.78 is 10.9. The van der Waals surface area contributed by atoms with E-state index in [1.807, 2.05) is 18.7 Å². The van der Waals surface area contributed by atoms with E-state index in [0.29, 0.717) is 18.4 Å². The lowest BCUT2D eigenvalue weighted by molar-refractivity contribution is -0.135. The number of hydrogen-bond donors (Lipinski definition) is 0. The summed E-state index contributed by atoms with van der Waals surface area (Å²) >= 11 is 0. The Hall–Kier alpha value is -1.43. The van der Waals surface area contributed by atoms with Crippen molar-refractivity contribution < 1.29 is 14.1 Å². The van der Waals surface area contributed by atoms with Gasteiger partial charge in [-0.2, -0.15) is 4.98 Å². The van der Waals surface area contributed by atoms with E-state index in [1.165, 1.54) is 0 Å². The Kier molecular flexibility index (Phi) is 4.76. The summed E-state index contributed by atoms with van der Waals surface area (Å²) in [6, 6.07) is 0. The SMILES string of the molecule is CC(C)C(=O)N1CCCC(c2nc(C3CCOCC3)no2)C1. The van der Waals surface area contributed by atoms with Gasteiger partial charge < -0.3 is 14.2 Å². The molecule has 22 heavy (non-hydrogen) atoms. The van der Waals surface area contributed by atoms with E-state index in [9.17, 15) is 4.79 Å². The molecule has 6 heteroatoms. The van der Waals surface area contributed by atoms with Crippen molar-refractivity contribution in [1.29, 1.82) is 0 Å². The van der Waals surface area contributed by atoms with E-state index in [2.05, 4.69) is 10.1 Å². The standard InChI is InChI=1S/C16H25N3O3/c1-11(2)16(20)19-7-3-4-13(10-19)15-17-14(18-22-15)12-5-8-21-9-6-12/h11-13H,3-10H2,1-2H3. The molecule has 2 fully saturated rings. The number of likely N-dealkylation sites (tertiary alicyclic amines) is 1. The Labute approximate surface area is 131 Å². The molecule has 0 saturated carbocycles. The van der Waals surface area contributed by atoms with Crippen molar-refractivity contribution in [2.24, 2.45) is 5.92 Å². The van der Waals surface area contributed by atoms with Gasteiger partial charge in [-0.25, -0.2) is 0 Å². The van der Waals surface area contributed by atoms with Crippen LogP contribution in [0.4, 0.5) is 0 Å². The van der Waals surface area contributed by atoms with Crippen molar-refractivity contribution in [2.75, 3.05) is 26.3 Å². The fraction of sp³-hybridized carbons (Fsp3) is 0.812. The number of ether oxygens (including phenoxy) is 1. The first kappa shape index (κ1) is 15.5. The van der Waals surface area contributed by atoms with Gasteiger partial charge in [0, 0.05) is 38.1 Å². The number of rotatable bonds is 3. The zero-order chi connectivity index (χ0) is 15.5. The van der Waals surface area contributed by atoms with Crippen LogP contribution >= 0.6 is 0 Å². The van der Waals surface area contributed by atoms with Crippen molar-refractivity contribution in [2.45, 2.75) is 51.4 Å². The molecule has 2 aliphatic heterocycles. The van der Waals surface area contributed by atoms with Crippen LogP contribution in [0.3, 0.4) is 0 Å². The number of piperidine rings is 1. The lowest BCUT2D eigenvalue weighted by Gasteiger charge is -2.32. The number of nitrogens with zero attached hydrogens (tertiary/aromatic N) is 3. The molecule has 0 radical (unpaired) electrons. The maximum absolute atomic E-state index is 12.2. The van der Waals surface area contributed by atoms with E-state index in [0.717, 1.165) is 51.3 Å². The second-order valence-corrected chi connectivity index (χ2v) is 6.66. The predicted molar refractivity (Wildman–Crippen MR) is 80.5 cm³/mol. The molecule has 1 atom stereocenters. The third kappa shape index (κ3) is 3.32. The normalized spacial score (nSPS) is 24.0. The van der Waals surface area contributed by atoms with Crippen molar-refractivity contribution in [1.82, 2.24) is 15.0 Å². The molecular formula is C16H25N3O3. The predicted octanol–water partition coefficient (Wildman–Crippen LogP) is 2.33. The van der Waals surface area contributed by atoms with Gasteiger partial charge in [0.2, 0.25) is 11.8 Å². The highest BCUT2D eigenvalue weighted by Gasteiger charge is 2.30. The largest absolute Gasteiger partial charge is 0.381 e. The van der Waals surface area contributed by atoms with E-state index in [4.69, 9.17) is 9.26 Å². The first-order chi connectivity index (χ1) is 10.6. The number of carbonyl (C=O) groups is 1. The van der Waals surface area contributed by atoms with Gasteiger partial charge in [-0.3, -0.25) is 4.79 Å². The molecule has 2 saturated heterocycles. The summed E-state index contributed by atoms with van der Waals surface area (Å²) in [6.07, 6.45) is 3.93. The molecule has 1 unspecified atom stereocenters. The van der Waals surface area contributed by atoms with Gasteiger partial charge >= 0.3 is 0 Å². The van der Waals surface area contributed by atoms with Gasteiger partial charge in [0.1, 0.15) is 0 Å². The molecule has 1 aromatic rings. The van der Waals surface area contributed by atoms with Gasteiger partial charge in [0.15, 0.2) is 5.82 Å². The lowest BCUT2D eigenvalue weighted by atomic mass is 9.96. The molecule has 0 aromatic carbocycles. The smallest absolute Gasteiger partial charge is 0.231 e. The third-order valence-electron chi connectivity index (χ3n) is 4.62. The Morgan fingerprint density at radius 2 is 2.00 bits per heavy atom. The van der Waals surface area contributed by atoms with Crippen LogP contribution in [0, 0.1) is 5.92 Å². The van der Waals surface area contributed by atoms with E-state index >= 15 is 0 Å². The molecule has 2 aliphatic rings. The Balaban J connectivity index is 1.66. The summed E-state index contributed by atoms with van der Waals surface area (Å²) in [6.45, 7) is 6.98. The van der Waals surface area contributed by atoms with Crippen LogP contribution in [0.15, 0.2) is 4.52 Å². The topological polar surface area (TPSA) is 68.5 Å². The third-order valence-corrected chi connectivity index (χ3v) is 4.62. The molecule has 3 rings (SSSR count). The number of aromatic nitrogens is 2. The van der Waals surface area contributed by atoms with Crippen molar-refractivity contribution in [3.63, 3.8) is 0 Å². The zero-order valence-electron chi connectivity index (χ0n) is 13.5. The second kappa shape index (κ2) is 6.77. The van der Waals surface area contributed by atoms with Gasteiger partial charge in [-0.15, -0.1) is 0 Å². The summed E-state index contributed by atoms with van der Waals surface area (Å²) in [5.41, 5.74) is 0. The molecule has 122 valence electrons. The van der Waals surface area contributed by atoms with E-state index < -0.39 is 0 Å². The molecule has 0 aliphatic carbocycles. The van der Waals surface area contributed by atoms with Crippen LogP contribution in [0.1, 0.15) is 63.1 Å². The Morgan fingerprint density at radius 3 is 2.73 bits per heavy atom. The Morgan fingerprint density at radius 1 is 1.23 bits per heavy atom. The summed E-state index contributed by atoms with van der Waals surface area (Å²) in [7, 11) is 0. The van der Waals surface area contributed by atoms with Gasteiger partial charge in [0.05, 0.1) is 5.92 Å². The second-order valence-electron chi connectivity index (χ2n) is 6.66. The molecule has 0 bridgehead atoms. The summed E-state index contributed by atoms with van der Waals surface area (Å²) in [5.74, 6) is 2.29. The molecule has 6 nitrogen and oxygen atoms in total. The van der Waals surface area contributed by atoms with E-state index in [-0.39, 0.29) is 17.7 Å². The van der Waals surface area contributed by atoms with Crippen molar-refractivity contribution in [3.05, 3.63) is 11.7 Å². The van der Waals surface area contributed by atoms with Crippen molar-refractivity contribution in [3.8, 4) is 0 Å². The number of amides is 1. The van der Waals surface area contributed by atoms with E-state index in [1.54, 1.807) is 0 Å². The first-order valence-electron chi connectivity index (χ1n) is 8.35. The average molecular weight is 307 g/mol.